The molecule has 2 atom stereocenters. The van der Waals surface area contributed by atoms with Crippen LogP contribution >= 0.6 is 0 Å². The fraction of sp³-hybridized carbons (Fsp3) is 1.00. The maximum absolute atomic E-state index is 2.68. The van der Waals surface area contributed by atoms with E-state index in [2.05, 4.69) is 44.4 Å². The Bertz CT molecular complexity index is 179. The van der Waals surface area contributed by atoms with Gasteiger partial charge in [0.1, 0.15) is 0 Å². The summed E-state index contributed by atoms with van der Waals surface area (Å²) in [6.07, 6.45) is 2.59. The molecule has 0 aromatic heterocycles. The van der Waals surface area contributed by atoms with Crippen molar-refractivity contribution in [2.75, 3.05) is 19.6 Å². The molecular weight excluding hydrogens is 184 g/mol. The SMILES string of the molecule is CCC(C)N1CCN(C(C)C)CC[C@@H]1C. The lowest BCUT2D eigenvalue weighted by Gasteiger charge is -2.32. The van der Waals surface area contributed by atoms with Crippen LogP contribution in [0.2, 0.25) is 0 Å². The number of hydrogen-bond donors (Lipinski definition) is 0. The molecule has 90 valence electrons. The van der Waals surface area contributed by atoms with E-state index in [4.69, 9.17) is 0 Å². The van der Waals surface area contributed by atoms with E-state index in [1.807, 2.05) is 0 Å². The molecule has 1 rings (SSSR count). The van der Waals surface area contributed by atoms with Gasteiger partial charge in [0, 0.05) is 31.2 Å². The van der Waals surface area contributed by atoms with E-state index in [-0.39, 0.29) is 0 Å². The predicted molar refractivity (Wildman–Crippen MR) is 67.2 cm³/mol. The van der Waals surface area contributed by atoms with Gasteiger partial charge < -0.3 is 0 Å². The largest absolute Gasteiger partial charge is 0.300 e. The van der Waals surface area contributed by atoms with Crippen LogP contribution in [0.25, 0.3) is 0 Å². The van der Waals surface area contributed by atoms with Gasteiger partial charge in [0.05, 0.1) is 0 Å². The molecule has 0 aromatic rings. The molecule has 0 amide bonds. The summed E-state index contributed by atoms with van der Waals surface area (Å²) in [6.45, 7) is 15.4. The molecule has 0 N–H and O–H groups in total. The minimum atomic E-state index is 0.703. The third kappa shape index (κ3) is 3.46. The van der Waals surface area contributed by atoms with Crippen molar-refractivity contribution in [2.45, 2.75) is 65.6 Å². The minimum absolute atomic E-state index is 0.703. The number of rotatable bonds is 3. The van der Waals surface area contributed by atoms with Crippen LogP contribution in [0, 0.1) is 0 Å². The van der Waals surface area contributed by atoms with Crippen molar-refractivity contribution < 1.29 is 0 Å². The third-order valence-corrected chi connectivity index (χ3v) is 3.93. The quantitative estimate of drug-likeness (QED) is 0.709. The molecule has 1 heterocycles. The van der Waals surface area contributed by atoms with Gasteiger partial charge in [-0.1, -0.05) is 6.92 Å². The average molecular weight is 212 g/mol. The second kappa shape index (κ2) is 5.86. The zero-order chi connectivity index (χ0) is 11.4. The second-order valence-corrected chi connectivity index (χ2v) is 5.26. The first-order valence-corrected chi connectivity index (χ1v) is 6.56. The van der Waals surface area contributed by atoms with Crippen molar-refractivity contribution >= 4 is 0 Å². The Labute approximate surface area is 95.6 Å². The van der Waals surface area contributed by atoms with Gasteiger partial charge in [-0.15, -0.1) is 0 Å². The summed E-state index contributed by atoms with van der Waals surface area (Å²) in [5.41, 5.74) is 0. The Morgan fingerprint density at radius 1 is 1.13 bits per heavy atom. The number of hydrogen-bond acceptors (Lipinski definition) is 2. The molecule has 0 bridgehead atoms. The summed E-state index contributed by atoms with van der Waals surface area (Å²) >= 11 is 0. The van der Waals surface area contributed by atoms with Gasteiger partial charge in [0.2, 0.25) is 0 Å². The Morgan fingerprint density at radius 3 is 2.33 bits per heavy atom. The molecule has 1 fully saturated rings. The van der Waals surface area contributed by atoms with Crippen molar-refractivity contribution in [1.82, 2.24) is 9.80 Å². The monoisotopic (exact) mass is 212 g/mol. The van der Waals surface area contributed by atoms with Crippen LogP contribution in [-0.4, -0.2) is 47.6 Å². The molecular formula is C13H28N2. The van der Waals surface area contributed by atoms with Crippen molar-refractivity contribution in [1.29, 1.82) is 0 Å². The van der Waals surface area contributed by atoms with E-state index >= 15 is 0 Å². The van der Waals surface area contributed by atoms with E-state index in [1.165, 1.54) is 32.5 Å². The molecule has 1 saturated heterocycles. The highest BCUT2D eigenvalue weighted by Crippen LogP contribution is 2.16. The van der Waals surface area contributed by atoms with Gasteiger partial charge >= 0.3 is 0 Å². The van der Waals surface area contributed by atoms with Crippen molar-refractivity contribution in [2.24, 2.45) is 0 Å². The van der Waals surface area contributed by atoms with E-state index in [1.54, 1.807) is 0 Å². The summed E-state index contributed by atoms with van der Waals surface area (Å²) in [4.78, 5) is 5.29. The smallest absolute Gasteiger partial charge is 0.0115 e. The summed E-state index contributed by atoms with van der Waals surface area (Å²) in [5, 5.41) is 0. The van der Waals surface area contributed by atoms with E-state index < -0.39 is 0 Å². The molecule has 1 unspecified atom stereocenters. The molecule has 1 aliphatic heterocycles. The first kappa shape index (κ1) is 13.0. The number of nitrogens with zero attached hydrogens (tertiary/aromatic N) is 2. The zero-order valence-corrected chi connectivity index (χ0v) is 11.2. The highest BCUT2D eigenvalue weighted by atomic mass is 15.3. The van der Waals surface area contributed by atoms with Crippen molar-refractivity contribution in [3.63, 3.8) is 0 Å². The summed E-state index contributed by atoms with van der Waals surface area (Å²) in [6, 6.07) is 2.20. The Morgan fingerprint density at radius 2 is 1.80 bits per heavy atom. The summed E-state index contributed by atoms with van der Waals surface area (Å²) < 4.78 is 0. The van der Waals surface area contributed by atoms with Gasteiger partial charge in [-0.3, -0.25) is 9.80 Å². The molecule has 0 aliphatic carbocycles. The van der Waals surface area contributed by atoms with Crippen LogP contribution in [0.4, 0.5) is 0 Å². The molecule has 15 heavy (non-hydrogen) atoms. The fourth-order valence-corrected chi connectivity index (χ4v) is 2.50. The lowest BCUT2D eigenvalue weighted by molar-refractivity contribution is 0.153. The van der Waals surface area contributed by atoms with Gasteiger partial charge in [0.25, 0.3) is 0 Å². The average Bonchev–Trinajstić information content (AvgIpc) is 2.39. The molecule has 0 radical (unpaired) electrons. The summed E-state index contributed by atoms with van der Waals surface area (Å²) in [5.74, 6) is 0. The Balaban J connectivity index is 2.55. The minimum Gasteiger partial charge on any atom is -0.300 e. The molecule has 0 saturated carbocycles. The van der Waals surface area contributed by atoms with Crippen LogP contribution in [0.5, 0.6) is 0 Å². The topological polar surface area (TPSA) is 6.48 Å². The van der Waals surface area contributed by atoms with Crippen LogP contribution in [-0.2, 0) is 0 Å². The Hall–Kier alpha value is -0.0800. The van der Waals surface area contributed by atoms with Gasteiger partial charge in [0.15, 0.2) is 0 Å². The third-order valence-electron chi connectivity index (χ3n) is 3.93. The van der Waals surface area contributed by atoms with Crippen LogP contribution in [0.15, 0.2) is 0 Å². The van der Waals surface area contributed by atoms with Gasteiger partial charge in [-0.05, 0) is 47.1 Å². The lowest BCUT2D eigenvalue weighted by Crippen LogP contribution is -2.41. The van der Waals surface area contributed by atoms with Crippen LogP contribution in [0.3, 0.4) is 0 Å². The highest BCUT2D eigenvalue weighted by Gasteiger charge is 2.24. The van der Waals surface area contributed by atoms with Crippen LogP contribution in [0.1, 0.15) is 47.5 Å². The molecule has 2 heteroatoms. The van der Waals surface area contributed by atoms with Crippen LogP contribution < -0.4 is 0 Å². The molecule has 0 spiro atoms. The standard InChI is InChI=1S/C13H28N2/c1-6-12(4)15-10-9-14(11(2)3)8-7-13(15)5/h11-13H,6-10H2,1-5H3/t12?,13-/m0/s1. The maximum atomic E-state index is 2.68. The van der Waals surface area contributed by atoms with Gasteiger partial charge in [-0.25, -0.2) is 0 Å². The Kier molecular flexibility index (Phi) is 5.07. The van der Waals surface area contributed by atoms with Gasteiger partial charge in [-0.2, -0.15) is 0 Å². The first-order chi connectivity index (χ1) is 7.06. The molecule has 2 nitrogen and oxygen atoms in total. The normalized spacial score (nSPS) is 28.0. The predicted octanol–water partition coefficient (Wildman–Crippen LogP) is 2.59. The molecule has 1 aliphatic rings. The van der Waals surface area contributed by atoms with Crippen molar-refractivity contribution in [3.8, 4) is 0 Å². The second-order valence-electron chi connectivity index (χ2n) is 5.26. The van der Waals surface area contributed by atoms with Crippen molar-refractivity contribution in [3.05, 3.63) is 0 Å². The first-order valence-electron chi connectivity index (χ1n) is 6.56. The zero-order valence-electron chi connectivity index (χ0n) is 11.2. The van der Waals surface area contributed by atoms with E-state index in [0.717, 1.165) is 12.1 Å². The lowest BCUT2D eigenvalue weighted by atomic mass is 10.1. The molecule has 0 aromatic carbocycles. The van der Waals surface area contributed by atoms with E-state index in [0.29, 0.717) is 6.04 Å². The fourth-order valence-electron chi connectivity index (χ4n) is 2.50. The highest BCUT2D eigenvalue weighted by molar-refractivity contribution is 4.80. The summed E-state index contributed by atoms with van der Waals surface area (Å²) in [7, 11) is 0. The van der Waals surface area contributed by atoms with E-state index in [9.17, 15) is 0 Å². The maximum Gasteiger partial charge on any atom is 0.0115 e.